The zero-order valence-corrected chi connectivity index (χ0v) is 12.2. The molecule has 0 saturated carbocycles. The number of hydrogen-bond donors (Lipinski definition) is 1. The van der Waals surface area contributed by atoms with Crippen molar-refractivity contribution >= 4 is 46.1 Å². The second-order valence-corrected chi connectivity index (χ2v) is 6.38. The zero-order chi connectivity index (χ0) is 13.1. The molecule has 0 unspecified atom stereocenters. The van der Waals surface area contributed by atoms with Crippen LogP contribution in [0.3, 0.4) is 0 Å². The molecular weight excluding hydrogens is 290 g/mol. The SMILES string of the molecule is NC(=S)CN1CCN(C(=O)c2ccc(Cl)s2)CC1. The third kappa shape index (κ3) is 3.41. The number of piperazine rings is 1. The lowest BCUT2D eigenvalue weighted by atomic mass is 10.3. The molecule has 0 bridgehead atoms. The van der Waals surface area contributed by atoms with Crippen molar-refractivity contribution in [3.05, 3.63) is 21.3 Å². The molecule has 2 heterocycles. The van der Waals surface area contributed by atoms with Crippen molar-refractivity contribution in [3.63, 3.8) is 0 Å². The molecular formula is C11H14ClN3OS2. The molecule has 7 heteroatoms. The van der Waals surface area contributed by atoms with Crippen LogP contribution in [0.15, 0.2) is 12.1 Å². The first kappa shape index (κ1) is 13.7. The average molecular weight is 304 g/mol. The molecule has 1 aromatic rings. The number of rotatable bonds is 3. The molecule has 1 amide bonds. The van der Waals surface area contributed by atoms with Gasteiger partial charge in [-0.05, 0) is 12.1 Å². The Bertz CT molecular complexity index is 455. The van der Waals surface area contributed by atoms with Crippen LogP contribution in [0.5, 0.6) is 0 Å². The standard InChI is InChI=1S/C11H14ClN3OS2/c12-9-2-1-8(18-9)11(16)15-5-3-14(4-6-15)7-10(13)17/h1-2H,3-7H2,(H2,13,17). The number of thiophene rings is 1. The zero-order valence-electron chi connectivity index (χ0n) is 9.76. The number of nitrogens with zero attached hydrogens (tertiary/aromatic N) is 2. The van der Waals surface area contributed by atoms with E-state index in [1.807, 2.05) is 4.90 Å². The average Bonchev–Trinajstić information content (AvgIpc) is 2.75. The molecule has 0 atom stereocenters. The van der Waals surface area contributed by atoms with Gasteiger partial charge in [0.25, 0.3) is 5.91 Å². The van der Waals surface area contributed by atoms with Gasteiger partial charge in [-0.25, -0.2) is 0 Å². The van der Waals surface area contributed by atoms with E-state index in [9.17, 15) is 4.79 Å². The molecule has 0 aromatic carbocycles. The summed E-state index contributed by atoms with van der Waals surface area (Å²) >= 11 is 12.0. The molecule has 0 spiro atoms. The third-order valence-electron chi connectivity index (χ3n) is 2.82. The van der Waals surface area contributed by atoms with Crippen molar-refractivity contribution < 1.29 is 4.79 Å². The fraction of sp³-hybridized carbons (Fsp3) is 0.455. The number of thiocarbonyl (C=S) groups is 1. The summed E-state index contributed by atoms with van der Waals surface area (Å²) in [6.07, 6.45) is 0. The summed E-state index contributed by atoms with van der Waals surface area (Å²) in [5, 5.41) is 0. The molecule has 1 aliphatic rings. The summed E-state index contributed by atoms with van der Waals surface area (Å²) in [6.45, 7) is 3.65. The number of hydrogen-bond acceptors (Lipinski definition) is 4. The van der Waals surface area contributed by atoms with Gasteiger partial charge in [0, 0.05) is 32.7 Å². The van der Waals surface area contributed by atoms with Gasteiger partial charge in [-0.1, -0.05) is 23.8 Å². The van der Waals surface area contributed by atoms with Crippen LogP contribution < -0.4 is 5.73 Å². The first-order valence-electron chi connectivity index (χ1n) is 5.61. The van der Waals surface area contributed by atoms with E-state index in [4.69, 9.17) is 29.6 Å². The van der Waals surface area contributed by atoms with Gasteiger partial charge in [0.05, 0.1) is 14.2 Å². The molecule has 98 valence electrons. The van der Waals surface area contributed by atoms with E-state index in [0.717, 1.165) is 13.1 Å². The van der Waals surface area contributed by atoms with Crippen molar-refractivity contribution in [1.82, 2.24) is 9.80 Å². The van der Waals surface area contributed by atoms with E-state index in [1.165, 1.54) is 11.3 Å². The highest BCUT2D eigenvalue weighted by Gasteiger charge is 2.23. The van der Waals surface area contributed by atoms with Gasteiger partial charge in [-0.3, -0.25) is 9.69 Å². The molecule has 1 saturated heterocycles. The Morgan fingerprint density at radius 2 is 2.06 bits per heavy atom. The Hall–Kier alpha value is -0.690. The van der Waals surface area contributed by atoms with Gasteiger partial charge in [0.2, 0.25) is 0 Å². The lowest BCUT2D eigenvalue weighted by Gasteiger charge is -2.34. The number of amides is 1. The summed E-state index contributed by atoms with van der Waals surface area (Å²) in [4.78, 5) is 17.4. The van der Waals surface area contributed by atoms with Crippen LogP contribution in [0, 0.1) is 0 Å². The molecule has 18 heavy (non-hydrogen) atoms. The van der Waals surface area contributed by atoms with Crippen molar-refractivity contribution in [2.75, 3.05) is 32.7 Å². The van der Waals surface area contributed by atoms with E-state index in [2.05, 4.69) is 4.90 Å². The Morgan fingerprint density at radius 1 is 1.39 bits per heavy atom. The topological polar surface area (TPSA) is 49.6 Å². The Labute approximate surface area is 120 Å². The predicted molar refractivity (Wildman–Crippen MR) is 78.5 cm³/mol. The molecule has 2 N–H and O–H groups in total. The molecule has 2 rings (SSSR count). The maximum atomic E-state index is 12.2. The van der Waals surface area contributed by atoms with Crippen molar-refractivity contribution in [3.8, 4) is 0 Å². The second kappa shape index (κ2) is 5.97. The quantitative estimate of drug-likeness (QED) is 0.859. The molecule has 1 fully saturated rings. The Balaban J connectivity index is 1.90. The monoisotopic (exact) mass is 303 g/mol. The van der Waals surface area contributed by atoms with Gasteiger partial charge in [0.1, 0.15) is 0 Å². The van der Waals surface area contributed by atoms with Gasteiger partial charge >= 0.3 is 0 Å². The summed E-state index contributed by atoms with van der Waals surface area (Å²) in [5.74, 6) is 0.0573. The van der Waals surface area contributed by atoms with E-state index >= 15 is 0 Å². The largest absolute Gasteiger partial charge is 0.392 e. The smallest absolute Gasteiger partial charge is 0.264 e. The Kier molecular flexibility index (Phi) is 4.55. The summed E-state index contributed by atoms with van der Waals surface area (Å²) in [6, 6.07) is 3.53. The van der Waals surface area contributed by atoms with Crippen molar-refractivity contribution in [2.45, 2.75) is 0 Å². The van der Waals surface area contributed by atoms with Gasteiger partial charge in [-0.2, -0.15) is 0 Å². The molecule has 4 nitrogen and oxygen atoms in total. The van der Waals surface area contributed by atoms with E-state index in [-0.39, 0.29) is 5.91 Å². The molecule has 1 aromatic heterocycles. The van der Waals surface area contributed by atoms with Crippen molar-refractivity contribution in [2.24, 2.45) is 5.73 Å². The summed E-state index contributed by atoms with van der Waals surface area (Å²) in [7, 11) is 0. The van der Waals surface area contributed by atoms with E-state index in [0.29, 0.717) is 33.8 Å². The highest BCUT2D eigenvalue weighted by atomic mass is 35.5. The minimum absolute atomic E-state index is 0.0573. The van der Waals surface area contributed by atoms with E-state index in [1.54, 1.807) is 12.1 Å². The number of carbonyl (C=O) groups excluding carboxylic acids is 1. The molecule has 1 aliphatic heterocycles. The molecule has 0 aliphatic carbocycles. The maximum absolute atomic E-state index is 12.2. The Morgan fingerprint density at radius 3 is 2.56 bits per heavy atom. The number of carbonyl (C=O) groups is 1. The second-order valence-electron chi connectivity index (χ2n) is 4.14. The third-order valence-corrected chi connectivity index (χ3v) is 4.17. The normalized spacial score (nSPS) is 16.8. The van der Waals surface area contributed by atoms with Crippen LogP contribution >= 0.6 is 35.2 Å². The fourth-order valence-corrected chi connectivity index (χ4v) is 3.11. The van der Waals surface area contributed by atoms with Crippen LogP contribution in [0.1, 0.15) is 9.67 Å². The number of halogens is 1. The van der Waals surface area contributed by atoms with Crippen LogP contribution in [0.4, 0.5) is 0 Å². The van der Waals surface area contributed by atoms with Crippen LogP contribution in [-0.2, 0) is 0 Å². The maximum Gasteiger partial charge on any atom is 0.264 e. The fourth-order valence-electron chi connectivity index (χ4n) is 1.91. The number of nitrogens with two attached hydrogens (primary N) is 1. The lowest BCUT2D eigenvalue weighted by molar-refractivity contribution is 0.0659. The van der Waals surface area contributed by atoms with Crippen LogP contribution in [0.25, 0.3) is 0 Å². The van der Waals surface area contributed by atoms with Crippen LogP contribution in [0.2, 0.25) is 4.34 Å². The predicted octanol–water partition coefficient (Wildman–Crippen LogP) is 1.45. The van der Waals surface area contributed by atoms with Crippen molar-refractivity contribution in [1.29, 1.82) is 0 Å². The van der Waals surface area contributed by atoms with Gasteiger partial charge in [0.15, 0.2) is 0 Å². The highest BCUT2D eigenvalue weighted by Crippen LogP contribution is 2.23. The molecule has 0 radical (unpaired) electrons. The van der Waals surface area contributed by atoms with Gasteiger partial charge < -0.3 is 10.6 Å². The summed E-state index contributed by atoms with van der Waals surface area (Å²) in [5.41, 5.74) is 5.51. The van der Waals surface area contributed by atoms with Gasteiger partial charge in [-0.15, -0.1) is 11.3 Å². The first-order chi connectivity index (χ1) is 8.56. The van der Waals surface area contributed by atoms with Crippen LogP contribution in [-0.4, -0.2) is 53.4 Å². The highest BCUT2D eigenvalue weighted by molar-refractivity contribution is 7.80. The minimum Gasteiger partial charge on any atom is -0.392 e. The minimum atomic E-state index is 0.0573. The lowest BCUT2D eigenvalue weighted by Crippen LogP contribution is -2.50. The first-order valence-corrected chi connectivity index (χ1v) is 7.22. The van der Waals surface area contributed by atoms with E-state index < -0.39 is 0 Å². The summed E-state index contributed by atoms with van der Waals surface area (Å²) < 4.78 is 0.644.